The van der Waals surface area contributed by atoms with Crippen molar-refractivity contribution in [1.29, 1.82) is 0 Å². The summed E-state index contributed by atoms with van der Waals surface area (Å²) in [6.45, 7) is -0.622. The molecule has 0 aliphatic carbocycles. The summed E-state index contributed by atoms with van der Waals surface area (Å²) in [7, 11) is 1.56. The summed E-state index contributed by atoms with van der Waals surface area (Å²) in [6.07, 6.45) is 0.213. The third-order valence-corrected chi connectivity index (χ3v) is 3.53. The summed E-state index contributed by atoms with van der Waals surface area (Å²) < 4.78 is 1.33. The molecular weight excluding hydrogens is 284 g/mol. The van der Waals surface area contributed by atoms with Gasteiger partial charge in [0.2, 0.25) is 0 Å². The molecule has 20 heavy (non-hydrogen) atoms. The zero-order chi connectivity index (χ0) is 14.9. The maximum absolute atomic E-state index is 12.1. The fourth-order valence-corrected chi connectivity index (χ4v) is 2.19. The first-order chi connectivity index (χ1) is 9.49. The van der Waals surface area contributed by atoms with Crippen LogP contribution in [0.15, 0.2) is 16.1 Å². The maximum Gasteiger partial charge on any atom is 0.282 e. The van der Waals surface area contributed by atoms with Crippen LogP contribution < -0.4 is 5.56 Å². The van der Waals surface area contributed by atoms with Crippen LogP contribution in [-0.2, 0) is 7.05 Å². The van der Waals surface area contributed by atoms with Crippen LogP contribution in [0.4, 0.5) is 0 Å². The first kappa shape index (κ1) is 14.9. The quantitative estimate of drug-likeness (QED) is 0.477. The molecule has 2 heterocycles. The Kier molecular flexibility index (Phi) is 4.33. The predicted octanol–water partition coefficient (Wildman–Crippen LogP) is -1.17. The molecule has 108 valence electrons. The van der Waals surface area contributed by atoms with Gasteiger partial charge < -0.3 is 15.3 Å². The van der Waals surface area contributed by atoms with Crippen LogP contribution >= 0.6 is 11.8 Å². The fourth-order valence-electron chi connectivity index (χ4n) is 1.66. The second-order valence-corrected chi connectivity index (χ2v) is 4.90. The van der Waals surface area contributed by atoms with Gasteiger partial charge in [-0.15, -0.1) is 0 Å². The van der Waals surface area contributed by atoms with E-state index in [9.17, 15) is 15.0 Å². The fraction of sp³-hybridized carbons (Fsp3) is 0.455. The second-order valence-electron chi connectivity index (χ2n) is 4.12. The van der Waals surface area contributed by atoms with Gasteiger partial charge in [-0.25, -0.2) is 15.0 Å². The number of hydrogen-bond donors (Lipinski definition) is 3. The first-order valence-electron chi connectivity index (χ1n) is 5.74. The zero-order valence-electron chi connectivity index (χ0n) is 10.9. The summed E-state index contributed by atoms with van der Waals surface area (Å²) in [5.74, 6) is 0. The highest BCUT2D eigenvalue weighted by atomic mass is 32.2. The van der Waals surface area contributed by atoms with Crippen molar-refractivity contribution in [3.63, 3.8) is 0 Å². The third kappa shape index (κ3) is 2.52. The van der Waals surface area contributed by atoms with Gasteiger partial charge in [0, 0.05) is 7.05 Å². The molecule has 0 radical (unpaired) electrons. The second kappa shape index (κ2) is 5.83. The Morgan fingerprint density at radius 1 is 1.40 bits per heavy atom. The molecule has 3 N–H and O–H groups in total. The van der Waals surface area contributed by atoms with Crippen LogP contribution in [0.3, 0.4) is 0 Å². The Morgan fingerprint density at radius 2 is 2.10 bits per heavy atom. The van der Waals surface area contributed by atoms with E-state index in [1.54, 1.807) is 13.3 Å². The van der Waals surface area contributed by atoms with Crippen molar-refractivity contribution in [3.05, 3.63) is 22.2 Å². The van der Waals surface area contributed by atoms with Gasteiger partial charge in [-0.05, 0) is 6.26 Å². The van der Waals surface area contributed by atoms with Crippen LogP contribution in [0, 0.1) is 0 Å². The van der Waals surface area contributed by atoms with Crippen molar-refractivity contribution in [3.8, 4) is 0 Å². The van der Waals surface area contributed by atoms with E-state index >= 15 is 0 Å². The van der Waals surface area contributed by atoms with Gasteiger partial charge in [-0.3, -0.25) is 9.36 Å². The summed E-state index contributed by atoms with van der Waals surface area (Å²) >= 11 is 1.31. The Hall–Kier alpha value is -1.55. The molecule has 2 atom stereocenters. The molecule has 0 aliphatic heterocycles. The lowest BCUT2D eigenvalue weighted by atomic mass is 10.1. The minimum atomic E-state index is -1.41. The highest BCUT2D eigenvalue weighted by Gasteiger charge is 2.21. The van der Waals surface area contributed by atoms with Crippen molar-refractivity contribution in [2.75, 3.05) is 12.9 Å². The molecule has 0 saturated carbocycles. The van der Waals surface area contributed by atoms with Crippen LogP contribution in [0.2, 0.25) is 0 Å². The SMILES string of the molecule is CSc1nc2ncc([C@H](O)[C@@H](O)CO)nc2c(=O)n1C. The summed E-state index contributed by atoms with van der Waals surface area (Å²) in [4.78, 5) is 24.3. The average Bonchev–Trinajstić information content (AvgIpc) is 2.48. The van der Waals surface area contributed by atoms with E-state index in [-0.39, 0.29) is 22.4 Å². The molecule has 0 amide bonds. The number of hydrogen-bond acceptors (Lipinski definition) is 8. The molecule has 0 aromatic carbocycles. The van der Waals surface area contributed by atoms with Crippen molar-refractivity contribution in [2.45, 2.75) is 17.4 Å². The third-order valence-electron chi connectivity index (χ3n) is 2.80. The minimum absolute atomic E-state index is 0.00647. The van der Waals surface area contributed by atoms with Gasteiger partial charge in [0.15, 0.2) is 16.3 Å². The number of thioether (sulfide) groups is 1. The molecule has 2 aromatic heterocycles. The molecule has 8 nitrogen and oxygen atoms in total. The van der Waals surface area contributed by atoms with Gasteiger partial charge in [0.1, 0.15) is 12.2 Å². The van der Waals surface area contributed by atoms with Crippen molar-refractivity contribution in [1.82, 2.24) is 19.5 Å². The van der Waals surface area contributed by atoms with E-state index in [1.807, 2.05) is 0 Å². The largest absolute Gasteiger partial charge is 0.394 e. The first-order valence-corrected chi connectivity index (χ1v) is 6.96. The molecule has 0 aliphatic rings. The van der Waals surface area contributed by atoms with Gasteiger partial charge >= 0.3 is 0 Å². The molecule has 0 saturated heterocycles. The predicted molar refractivity (Wildman–Crippen MR) is 72.4 cm³/mol. The highest BCUT2D eigenvalue weighted by molar-refractivity contribution is 7.98. The molecule has 0 spiro atoms. The van der Waals surface area contributed by atoms with Crippen LogP contribution in [0.1, 0.15) is 11.8 Å². The summed E-state index contributed by atoms with van der Waals surface area (Å²) in [6, 6.07) is 0. The van der Waals surface area contributed by atoms with Gasteiger partial charge in [0.05, 0.1) is 18.5 Å². The topological polar surface area (TPSA) is 121 Å². The molecule has 2 aromatic rings. The number of rotatable bonds is 4. The summed E-state index contributed by atoms with van der Waals surface area (Å²) in [5, 5.41) is 28.5. The van der Waals surface area contributed by atoms with Crippen LogP contribution in [0.5, 0.6) is 0 Å². The summed E-state index contributed by atoms with van der Waals surface area (Å²) in [5.41, 5.74) is -0.201. The highest BCUT2D eigenvalue weighted by Crippen LogP contribution is 2.16. The Balaban J connectivity index is 2.60. The van der Waals surface area contributed by atoms with E-state index in [2.05, 4.69) is 15.0 Å². The lowest BCUT2D eigenvalue weighted by Crippen LogP contribution is -2.25. The maximum atomic E-state index is 12.1. The monoisotopic (exact) mass is 298 g/mol. The number of aromatic nitrogens is 4. The van der Waals surface area contributed by atoms with Crippen molar-refractivity contribution in [2.24, 2.45) is 7.05 Å². The van der Waals surface area contributed by atoms with Gasteiger partial charge in [-0.1, -0.05) is 11.8 Å². The zero-order valence-corrected chi connectivity index (χ0v) is 11.7. The van der Waals surface area contributed by atoms with Gasteiger partial charge in [-0.2, -0.15) is 0 Å². The number of aliphatic hydroxyl groups is 3. The number of aliphatic hydroxyl groups excluding tert-OH is 3. The molecular formula is C11H14N4O4S. The number of fused-ring (bicyclic) bond motifs is 1. The van der Waals surface area contributed by atoms with E-state index in [1.165, 1.54) is 22.5 Å². The standard InChI is InChI=1S/C11H14N4O4S/c1-15-10(19)7-9(14-11(15)20-2)12-3-5(13-7)8(18)6(17)4-16/h3,6,8,16-18H,4H2,1-2H3/t6-,8-/m0/s1. The van der Waals surface area contributed by atoms with Crippen molar-refractivity contribution >= 4 is 22.9 Å². The van der Waals surface area contributed by atoms with Gasteiger partial charge in [0.25, 0.3) is 5.56 Å². The van der Waals surface area contributed by atoms with E-state index in [0.29, 0.717) is 5.16 Å². The molecule has 0 unspecified atom stereocenters. The normalized spacial score (nSPS) is 14.4. The minimum Gasteiger partial charge on any atom is -0.394 e. The van der Waals surface area contributed by atoms with E-state index in [0.717, 1.165) is 0 Å². The van der Waals surface area contributed by atoms with Crippen LogP contribution in [0.25, 0.3) is 11.2 Å². The molecule has 9 heteroatoms. The lowest BCUT2D eigenvalue weighted by molar-refractivity contribution is -0.0173. The Bertz CT molecular complexity index is 690. The molecule has 2 rings (SSSR count). The Labute approximate surface area is 118 Å². The lowest BCUT2D eigenvalue weighted by Gasteiger charge is -2.15. The smallest absolute Gasteiger partial charge is 0.282 e. The van der Waals surface area contributed by atoms with Crippen molar-refractivity contribution < 1.29 is 15.3 Å². The number of nitrogens with zero attached hydrogens (tertiary/aromatic N) is 4. The molecule has 0 bridgehead atoms. The average molecular weight is 298 g/mol. The van der Waals surface area contributed by atoms with E-state index in [4.69, 9.17) is 5.11 Å². The van der Waals surface area contributed by atoms with E-state index < -0.39 is 18.8 Å². The molecule has 0 fully saturated rings. The van der Waals surface area contributed by atoms with Crippen LogP contribution in [-0.4, -0.2) is 53.8 Å². The Morgan fingerprint density at radius 3 is 2.70 bits per heavy atom.